The van der Waals surface area contributed by atoms with Crippen molar-refractivity contribution in [2.24, 2.45) is 0 Å². The Morgan fingerprint density at radius 3 is 1.20 bits per heavy atom. The summed E-state index contributed by atoms with van der Waals surface area (Å²) in [7, 11) is 0. The molecule has 0 amide bonds. The zero-order valence-electron chi connectivity index (χ0n) is 35.0. The molecule has 54 heavy (non-hydrogen) atoms. The molecule has 0 N–H and O–H groups in total. The minimum Gasteiger partial charge on any atom is -0.462 e. The number of hydrogen-bond donors (Lipinski definition) is 0. The fourth-order valence-electron chi connectivity index (χ4n) is 5.66. The van der Waals surface area contributed by atoms with Crippen LogP contribution in [0.2, 0.25) is 0 Å². The monoisotopic (exact) mass is 753 g/mol. The first-order valence-corrected chi connectivity index (χ1v) is 21.9. The van der Waals surface area contributed by atoms with Gasteiger partial charge in [-0.1, -0.05) is 171 Å². The lowest BCUT2D eigenvalue weighted by Gasteiger charge is -2.18. The van der Waals surface area contributed by atoms with Crippen molar-refractivity contribution in [3.8, 4) is 0 Å². The van der Waals surface area contributed by atoms with Crippen LogP contribution in [0.3, 0.4) is 0 Å². The molecule has 0 saturated heterocycles. The second-order valence-electron chi connectivity index (χ2n) is 14.2. The van der Waals surface area contributed by atoms with E-state index in [1.54, 1.807) is 0 Å². The van der Waals surface area contributed by atoms with E-state index in [0.29, 0.717) is 25.7 Å². The lowest BCUT2D eigenvalue weighted by Crippen LogP contribution is -2.30. The maximum Gasteiger partial charge on any atom is 0.306 e. The highest BCUT2D eigenvalue weighted by Crippen LogP contribution is 2.13. The van der Waals surface area contributed by atoms with Crippen molar-refractivity contribution in [1.29, 1.82) is 0 Å². The molecule has 0 heterocycles. The number of ether oxygens (including phenoxy) is 3. The van der Waals surface area contributed by atoms with Gasteiger partial charge in [-0.3, -0.25) is 14.4 Å². The fourth-order valence-corrected chi connectivity index (χ4v) is 5.66. The maximum atomic E-state index is 12.6. The normalized spacial score (nSPS) is 12.7. The molecule has 6 nitrogen and oxygen atoms in total. The molecule has 0 saturated carbocycles. The van der Waals surface area contributed by atoms with E-state index >= 15 is 0 Å². The van der Waals surface area contributed by atoms with Gasteiger partial charge in [0.05, 0.1) is 0 Å². The Kier molecular flexibility index (Phi) is 40.1. The van der Waals surface area contributed by atoms with E-state index in [1.807, 2.05) is 0 Å². The summed E-state index contributed by atoms with van der Waals surface area (Å²) >= 11 is 0. The zero-order chi connectivity index (χ0) is 39.4. The van der Waals surface area contributed by atoms with Crippen LogP contribution in [-0.4, -0.2) is 37.2 Å². The molecule has 0 rings (SSSR count). The highest BCUT2D eigenvalue weighted by molar-refractivity contribution is 5.71. The molecule has 0 aliphatic rings. The molecular formula is C48H80O6. The minimum absolute atomic E-state index is 0.108. The van der Waals surface area contributed by atoms with Crippen LogP contribution in [0.25, 0.3) is 0 Å². The number of carbonyl (C=O) groups excluding carboxylic acids is 3. The number of carbonyl (C=O) groups is 3. The molecule has 6 heteroatoms. The first-order valence-electron chi connectivity index (χ1n) is 21.9. The van der Waals surface area contributed by atoms with Crippen molar-refractivity contribution < 1.29 is 28.6 Å². The van der Waals surface area contributed by atoms with Crippen LogP contribution < -0.4 is 0 Å². The third-order valence-electron chi connectivity index (χ3n) is 8.95. The summed E-state index contributed by atoms with van der Waals surface area (Å²) in [6, 6.07) is 0. The van der Waals surface area contributed by atoms with Gasteiger partial charge in [0.15, 0.2) is 6.10 Å². The molecule has 0 aromatic rings. The summed E-state index contributed by atoms with van der Waals surface area (Å²) in [4.78, 5) is 37.5. The van der Waals surface area contributed by atoms with Crippen molar-refractivity contribution in [2.45, 2.75) is 200 Å². The minimum atomic E-state index is -0.803. The predicted octanol–water partition coefficient (Wildman–Crippen LogP) is 13.9. The van der Waals surface area contributed by atoms with Gasteiger partial charge in [0.25, 0.3) is 0 Å². The van der Waals surface area contributed by atoms with Crippen LogP contribution >= 0.6 is 0 Å². The molecule has 0 aromatic carbocycles. The van der Waals surface area contributed by atoms with Gasteiger partial charge in [-0.25, -0.2) is 0 Å². The van der Waals surface area contributed by atoms with E-state index in [9.17, 15) is 14.4 Å². The second-order valence-corrected chi connectivity index (χ2v) is 14.2. The largest absolute Gasteiger partial charge is 0.462 e. The number of unbranched alkanes of at least 4 members (excludes halogenated alkanes) is 15. The highest BCUT2D eigenvalue weighted by atomic mass is 16.6. The Morgan fingerprint density at radius 1 is 0.389 bits per heavy atom. The molecule has 308 valence electrons. The highest BCUT2D eigenvalue weighted by Gasteiger charge is 2.19. The summed E-state index contributed by atoms with van der Waals surface area (Å²) in [5.74, 6) is -1.01. The maximum absolute atomic E-state index is 12.6. The third kappa shape index (κ3) is 40.0. The average Bonchev–Trinajstić information content (AvgIpc) is 3.17. The van der Waals surface area contributed by atoms with Gasteiger partial charge in [0, 0.05) is 19.3 Å². The van der Waals surface area contributed by atoms with Crippen molar-refractivity contribution in [3.05, 3.63) is 72.9 Å². The summed E-state index contributed by atoms with van der Waals surface area (Å²) < 4.78 is 16.6. The predicted molar refractivity (Wildman–Crippen MR) is 228 cm³/mol. The van der Waals surface area contributed by atoms with Crippen LogP contribution in [0.5, 0.6) is 0 Å². The zero-order valence-corrected chi connectivity index (χ0v) is 35.0. The van der Waals surface area contributed by atoms with Gasteiger partial charge in [-0.05, 0) is 77.0 Å². The van der Waals surface area contributed by atoms with Crippen LogP contribution in [-0.2, 0) is 28.6 Å². The van der Waals surface area contributed by atoms with Gasteiger partial charge < -0.3 is 14.2 Å². The van der Waals surface area contributed by atoms with E-state index in [0.717, 1.165) is 70.6 Å². The molecule has 0 aliphatic carbocycles. The Hall–Kier alpha value is -3.15. The average molecular weight is 753 g/mol. The molecule has 0 aromatic heterocycles. The van der Waals surface area contributed by atoms with Gasteiger partial charge in [-0.2, -0.15) is 0 Å². The van der Waals surface area contributed by atoms with E-state index in [4.69, 9.17) is 14.2 Å². The molecule has 0 bridgehead atoms. The number of rotatable bonds is 38. The van der Waals surface area contributed by atoms with Crippen LogP contribution in [0.1, 0.15) is 194 Å². The Morgan fingerprint density at radius 2 is 0.741 bits per heavy atom. The molecule has 0 fully saturated rings. The summed E-state index contributed by atoms with van der Waals surface area (Å²) in [6.45, 7) is 6.37. The van der Waals surface area contributed by atoms with E-state index in [1.165, 1.54) is 70.6 Å². The van der Waals surface area contributed by atoms with E-state index in [2.05, 4.69) is 93.7 Å². The van der Waals surface area contributed by atoms with Crippen molar-refractivity contribution >= 4 is 17.9 Å². The van der Waals surface area contributed by atoms with Crippen LogP contribution in [0, 0.1) is 0 Å². The SMILES string of the molecule is CC/C=C\C/C=C\C/C=C\C/C=C\C/C=C\CCCC(=O)OCC(COC(=O)CCC/C=C\CCCCCC)OC(=O)CCCCCCCCCCCC. The Balaban J connectivity index is 4.47. The first kappa shape index (κ1) is 50.9. The molecule has 1 unspecified atom stereocenters. The van der Waals surface area contributed by atoms with E-state index < -0.39 is 6.10 Å². The lowest BCUT2D eigenvalue weighted by atomic mass is 10.1. The standard InChI is InChI=1S/C48H80O6/c1-4-7-10-13-16-19-21-22-23-24-25-26-27-30-32-35-38-41-47(50)53-44-45(43-52-46(49)40-37-34-31-28-18-15-12-9-6-3)54-48(51)42-39-36-33-29-20-17-14-11-8-5-2/h7,10,16,19,22-23,25-26,28,30-32,45H,4-6,8-9,11-15,17-18,20-21,24,27,29,33-44H2,1-3H3/b10-7-,19-16-,23-22-,26-25-,31-28-,32-30-. The van der Waals surface area contributed by atoms with Gasteiger partial charge in [-0.15, -0.1) is 0 Å². The Bertz CT molecular complexity index is 1050. The van der Waals surface area contributed by atoms with Crippen molar-refractivity contribution in [1.82, 2.24) is 0 Å². The van der Waals surface area contributed by atoms with Gasteiger partial charge in [0.1, 0.15) is 13.2 Å². The van der Waals surface area contributed by atoms with Crippen LogP contribution in [0.15, 0.2) is 72.9 Å². The molecule has 1 atom stereocenters. The van der Waals surface area contributed by atoms with Gasteiger partial charge >= 0.3 is 17.9 Å². The topological polar surface area (TPSA) is 78.9 Å². The van der Waals surface area contributed by atoms with Crippen molar-refractivity contribution in [3.63, 3.8) is 0 Å². The quantitative estimate of drug-likeness (QED) is 0.0270. The van der Waals surface area contributed by atoms with Crippen molar-refractivity contribution in [2.75, 3.05) is 13.2 Å². The first-order chi connectivity index (χ1) is 26.5. The molecule has 0 radical (unpaired) electrons. The Labute approximate surface area is 332 Å². The summed E-state index contributed by atoms with van der Waals surface area (Å²) in [5, 5.41) is 0. The second kappa shape index (κ2) is 42.6. The lowest BCUT2D eigenvalue weighted by molar-refractivity contribution is -0.167. The molecule has 0 aliphatic heterocycles. The molecule has 0 spiro atoms. The summed E-state index contributed by atoms with van der Waals surface area (Å²) in [6.07, 6.45) is 51.9. The number of allylic oxidation sites excluding steroid dienone is 12. The number of esters is 3. The van der Waals surface area contributed by atoms with E-state index in [-0.39, 0.29) is 37.5 Å². The fraction of sp³-hybridized carbons (Fsp3) is 0.688. The smallest absolute Gasteiger partial charge is 0.306 e. The van der Waals surface area contributed by atoms with Gasteiger partial charge in [0.2, 0.25) is 0 Å². The summed E-state index contributed by atoms with van der Waals surface area (Å²) in [5.41, 5.74) is 0. The number of hydrogen-bond acceptors (Lipinski definition) is 6. The third-order valence-corrected chi connectivity index (χ3v) is 8.95. The molecular weight excluding hydrogens is 673 g/mol. The van der Waals surface area contributed by atoms with Crippen LogP contribution in [0.4, 0.5) is 0 Å².